The summed E-state index contributed by atoms with van der Waals surface area (Å²) in [6, 6.07) is 3.26. The van der Waals surface area contributed by atoms with Gasteiger partial charge in [0.25, 0.3) is 0 Å². The lowest BCUT2D eigenvalue weighted by molar-refractivity contribution is -0.142. The van der Waals surface area contributed by atoms with E-state index < -0.39 is 17.6 Å². The number of hydrogen-bond donors (Lipinski definition) is 1. The summed E-state index contributed by atoms with van der Waals surface area (Å²) in [4.78, 5) is 13.1. The minimum Gasteiger partial charge on any atom is -0.481 e. The smallest absolute Gasteiger partial charge is 0.320 e. The maximum Gasteiger partial charge on any atom is 0.320 e. The Kier molecular flexibility index (Phi) is 2.84. The highest BCUT2D eigenvalue weighted by atomic mass is 16.7. The molecule has 0 aromatic heterocycles. The molecule has 0 saturated carbocycles. The van der Waals surface area contributed by atoms with Gasteiger partial charge in [-0.25, -0.2) is 0 Å². The Morgan fingerprint density at radius 1 is 1.32 bits per heavy atom. The Morgan fingerprint density at radius 2 is 2.09 bits per heavy atom. The number of ether oxygens (including phenoxy) is 3. The van der Waals surface area contributed by atoms with E-state index in [-0.39, 0.29) is 6.79 Å². The van der Waals surface area contributed by atoms with Crippen LogP contribution in [0.2, 0.25) is 0 Å². The second-order valence-corrected chi connectivity index (χ2v) is 5.98. The van der Waals surface area contributed by atoms with E-state index in [9.17, 15) is 4.79 Å². The summed E-state index contributed by atoms with van der Waals surface area (Å²) in [5.74, 6) is 1.38. The lowest BCUT2D eigenvalue weighted by atomic mass is 9.97. The molecule has 6 nitrogen and oxygen atoms in total. The molecule has 0 radical (unpaired) electrons. The van der Waals surface area contributed by atoms with Gasteiger partial charge in [0.05, 0.1) is 0 Å². The van der Waals surface area contributed by atoms with Gasteiger partial charge >= 0.3 is 5.97 Å². The SMILES string of the molecule is CC(C(=O)O)N1CCC2(C=Cc3cc4c(cc3O2)OCO4)C1. The third kappa shape index (κ3) is 2.02. The van der Waals surface area contributed by atoms with Crippen LogP contribution in [-0.4, -0.2) is 47.5 Å². The predicted octanol–water partition coefficient (Wildman–Crippen LogP) is 1.74. The number of likely N-dealkylation sites (tertiary alicyclic amines) is 1. The minimum absolute atomic E-state index is 0.233. The fourth-order valence-corrected chi connectivity index (χ4v) is 3.19. The molecule has 1 aromatic carbocycles. The van der Waals surface area contributed by atoms with Gasteiger partial charge in [-0.3, -0.25) is 9.69 Å². The number of fused-ring (bicyclic) bond motifs is 2. The van der Waals surface area contributed by atoms with Crippen LogP contribution in [0.15, 0.2) is 18.2 Å². The standard InChI is InChI=1S/C16H17NO5/c1-10(15(18)19)17-5-4-16(8-17)3-2-11-6-13-14(21-9-20-13)7-12(11)22-16/h2-3,6-7,10H,4-5,8-9H2,1H3,(H,18,19). The summed E-state index contributed by atoms with van der Waals surface area (Å²) < 4.78 is 17.0. The van der Waals surface area contributed by atoms with Crippen molar-refractivity contribution in [1.29, 1.82) is 0 Å². The molecule has 3 aliphatic heterocycles. The summed E-state index contributed by atoms with van der Waals surface area (Å²) in [5.41, 5.74) is 0.504. The molecular formula is C16H17NO5. The first kappa shape index (κ1) is 13.5. The van der Waals surface area contributed by atoms with Crippen molar-refractivity contribution < 1.29 is 24.1 Å². The summed E-state index contributed by atoms with van der Waals surface area (Å²) in [5, 5.41) is 9.16. The molecule has 0 bridgehead atoms. The summed E-state index contributed by atoms with van der Waals surface area (Å²) >= 11 is 0. The first-order valence-electron chi connectivity index (χ1n) is 7.35. The molecule has 4 rings (SSSR count). The van der Waals surface area contributed by atoms with Gasteiger partial charge in [-0.1, -0.05) is 6.08 Å². The van der Waals surface area contributed by atoms with Crippen LogP contribution in [0.4, 0.5) is 0 Å². The quantitative estimate of drug-likeness (QED) is 0.897. The zero-order chi connectivity index (χ0) is 15.3. The molecule has 0 amide bonds. The maximum absolute atomic E-state index is 11.2. The van der Waals surface area contributed by atoms with E-state index in [4.69, 9.17) is 19.3 Å². The topological polar surface area (TPSA) is 68.2 Å². The number of carboxylic acids is 1. The maximum atomic E-state index is 11.2. The van der Waals surface area contributed by atoms with E-state index in [1.54, 1.807) is 6.92 Å². The summed E-state index contributed by atoms with van der Waals surface area (Å²) in [6.07, 6.45) is 4.83. The molecule has 2 atom stereocenters. The zero-order valence-corrected chi connectivity index (χ0v) is 12.2. The molecule has 22 heavy (non-hydrogen) atoms. The molecule has 3 heterocycles. The number of carboxylic acid groups (broad SMARTS) is 1. The van der Waals surface area contributed by atoms with Crippen molar-refractivity contribution >= 4 is 12.0 Å². The second kappa shape index (κ2) is 4.64. The Labute approximate surface area is 127 Å². The highest BCUT2D eigenvalue weighted by molar-refractivity contribution is 5.73. The molecule has 1 N–H and O–H groups in total. The van der Waals surface area contributed by atoms with Gasteiger partial charge in [0.15, 0.2) is 11.5 Å². The third-order valence-corrected chi connectivity index (χ3v) is 4.58. The van der Waals surface area contributed by atoms with E-state index in [0.29, 0.717) is 18.8 Å². The van der Waals surface area contributed by atoms with Crippen LogP contribution in [0.25, 0.3) is 6.08 Å². The molecule has 1 fully saturated rings. The Morgan fingerprint density at radius 3 is 2.86 bits per heavy atom. The van der Waals surface area contributed by atoms with E-state index in [0.717, 1.165) is 23.5 Å². The number of nitrogens with zero attached hydrogens (tertiary/aromatic N) is 1. The third-order valence-electron chi connectivity index (χ3n) is 4.58. The number of carbonyl (C=O) groups is 1. The highest BCUT2D eigenvalue weighted by Gasteiger charge is 2.43. The van der Waals surface area contributed by atoms with Crippen molar-refractivity contribution in [3.05, 3.63) is 23.8 Å². The van der Waals surface area contributed by atoms with Crippen molar-refractivity contribution in [2.24, 2.45) is 0 Å². The van der Waals surface area contributed by atoms with Crippen LogP contribution in [0, 0.1) is 0 Å². The minimum atomic E-state index is -0.805. The molecule has 2 unspecified atom stereocenters. The average molecular weight is 303 g/mol. The normalized spacial score (nSPS) is 26.8. The van der Waals surface area contributed by atoms with Gasteiger partial charge in [-0.2, -0.15) is 0 Å². The van der Waals surface area contributed by atoms with E-state index >= 15 is 0 Å². The van der Waals surface area contributed by atoms with Crippen molar-refractivity contribution in [2.75, 3.05) is 19.9 Å². The zero-order valence-electron chi connectivity index (χ0n) is 12.2. The molecule has 1 spiro atoms. The largest absolute Gasteiger partial charge is 0.481 e. The summed E-state index contributed by atoms with van der Waals surface area (Å²) in [6.45, 7) is 3.22. The van der Waals surface area contributed by atoms with Gasteiger partial charge in [-0.05, 0) is 19.1 Å². The molecule has 0 aliphatic carbocycles. The van der Waals surface area contributed by atoms with Crippen LogP contribution >= 0.6 is 0 Å². The number of aliphatic carboxylic acids is 1. The molecule has 6 heteroatoms. The lowest BCUT2D eigenvalue weighted by Gasteiger charge is -2.32. The van der Waals surface area contributed by atoms with Crippen LogP contribution < -0.4 is 14.2 Å². The second-order valence-electron chi connectivity index (χ2n) is 5.98. The average Bonchev–Trinajstić information content (AvgIpc) is 3.11. The van der Waals surface area contributed by atoms with Gasteiger partial charge < -0.3 is 19.3 Å². The van der Waals surface area contributed by atoms with E-state index in [1.165, 1.54) is 0 Å². The predicted molar refractivity (Wildman–Crippen MR) is 78.2 cm³/mol. The molecule has 3 aliphatic rings. The lowest BCUT2D eigenvalue weighted by Crippen LogP contribution is -2.43. The first-order chi connectivity index (χ1) is 10.6. The van der Waals surface area contributed by atoms with Crippen molar-refractivity contribution in [3.8, 4) is 17.2 Å². The Bertz CT molecular complexity index is 671. The number of benzene rings is 1. The fraction of sp³-hybridized carbons (Fsp3) is 0.438. The van der Waals surface area contributed by atoms with Gasteiger partial charge in [0.1, 0.15) is 17.4 Å². The first-order valence-corrected chi connectivity index (χ1v) is 7.35. The van der Waals surface area contributed by atoms with Crippen molar-refractivity contribution in [3.63, 3.8) is 0 Å². The van der Waals surface area contributed by atoms with Crippen molar-refractivity contribution in [1.82, 2.24) is 4.90 Å². The number of rotatable bonds is 2. The van der Waals surface area contributed by atoms with Crippen LogP contribution in [-0.2, 0) is 4.79 Å². The molecule has 116 valence electrons. The van der Waals surface area contributed by atoms with Crippen molar-refractivity contribution in [2.45, 2.75) is 25.0 Å². The highest BCUT2D eigenvalue weighted by Crippen LogP contribution is 2.43. The monoisotopic (exact) mass is 303 g/mol. The molecule has 1 saturated heterocycles. The van der Waals surface area contributed by atoms with Crippen LogP contribution in [0.5, 0.6) is 17.2 Å². The Hall–Kier alpha value is -2.21. The van der Waals surface area contributed by atoms with Gasteiger partial charge in [-0.15, -0.1) is 0 Å². The van der Waals surface area contributed by atoms with Crippen LogP contribution in [0.3, 0.4) is 0 Å². The van der Waals surface area contributed by atoms with Crippen LogP contribution in [0.1, 0.15) is 18.9 Å². The fourth-order valence-electron chi connectivity index (χ4n) is 3.19. The Balaban J connectivity index is 1.59. The molecular weight excluding hydrogens is 286 g/mol. The molecule has 1 aromatic rings. The number of hydrogen-bond acceptors (Lipinski definition) is 5. The van der Waals surface area contributed by atoms with Gasteiger partial charge in [0.2, 0.25) is 6.79 Å². The summed E-state index contributed by atoms with van der Waals surface area (Å²) in [7, 11) is 0. The van der Waals surface area contributed by atoms with Gasteiger partial charge in [0, 0.05) is 31.1 Å². The van der Waals surface area contributed by atoms with E-state index in [1.807, 2.05) is 29.2 Å². The van der Waals surface area contributed by atoms with E-state index in [2.05, 4.69) is 0 Å².